The summed E-state index contributed by atoms with van der Waals surface area (Å²) in [5.74, 6) is 0.803. The van der Waals surface area contributed by atoms with E-state index in [1.165, 1.54) is 11.7 Å². The van der Waals surface area contributed by atoms with Crippen LogP contribution in [-0.4, -0.2) is 24.4 Å². The zero-order chi connectivity index (χ0) is 11.5. The van der Waals surface area contributed by atoms with Gasteiger partial charge in [0.05, 0.1) is 19.2 Å². The molecule has 0 unspecified atom stereocenters. The molecular formula is C12H13NO3. The topological polar surface area (TPSA) is 40.5 Å². The Kier molecular flexibility index (Phi) is 2.81. The number of methoxy groups -OCH3 is 1. The van der Waals surface area contributed by atoms with Gasteiger partial charge in [0.15, 0.2) is 0 Å². The van der Waals surface area contributed by atoms with Crippen LogP contribution in [0.4, 0.5) is 4.79 Å². The van der Waals surface area contributed by atoms with E-state index in [1.54, 1.807) is 6.20 Å². The summed E-state index contributed by atoms with van der Waals surface area (Å²) < 4.78 is 11.5. The molecule has 0 bridgehead atoms. The van der Waals surface area contributed by atoms with Gasteiger partial charge in [-0.15, -0.1) is 0 Å². The Bertz CT molecular complexity index is 516. The Morgan fingerprint density at radius 2 is 2.19 bits per heavy atom. The van der Waals surface area contributed by atoms with Crippen molar-refractivity contribution in [3.63, 3.8) is 0 Å². The van der Waals surface area contributed by atoms with Crippen LogP contribution in [0.3, 0.4) is 0 Å². The largest absolute Gasteiger partial charge is 0.494 e. The number of benzene rings is 1. The van der Waals surface area contributed by atoms with Crippen LogP contribution in [0, 0.1) is 0 Å². The highest BCUT2D eigenvalue weighted by atomic mass is 16.5. The van der Waals surface area contributed by atoms with Gasteiger partial charge in [-0.1, -0.05) is 0 Å². The van der Waals surface area contributed by atoms with Gasteiger partial charge in [0, 0.05) is 11.6 Å². The van der Waals surface area contributed by atoms with Gasteiger partial charge in [-0.25, -0.2) is 4.79 Å². The predicted octanol–water partition coefficient (Wildman–Crippen LogP) is 2.65. The van der Waals surface area contributed by atoms with Crippen molar-refractivity contribution in [3.05, 3.63) is 30.5 Å². The number of carbonyl (C=O) groups excluding carboxylic acids is 1. The van der Waals surface area contributed by atoms with E-state index < -0.39 is 0 Å². The van der Waals surface area contributed by atoms with Crippen molar-refractivity contribution in [1.29, 1.82) is 0 Å². The van der Waals surface area contributed by atoms with Crippen molar-refractivity contribution < 1.29 is 14.3 Å². The highest BCUT2D eigenvalue weighted by Crippen LogP contribution is 2.22. The molecule has 4 heteroatoms. The number of nitrogens with zero attached hydrogens (tertiary/aromatic N) is 1. The van der Waals surface area contributed by atoms with Gasteiger partial charge in [-0.2, -0.15) is 0 Å². The molecule has 1 aromatic heterocycles. The summed E-state index contributed by atoms with van der Waals surface area (Å²) in [6.45, 7) is 2.56. The van der Waals surface area contributed by atoms with Gasteiger partial charge < -0.3 is 9.47 Å². The van der Waals surface area contributed by atoms with Crippen LogP contribution in [0.1, 0.15) is 6.92 Å². The third-order valence-electron chi connectivity index (χ3n) is 2.34. The summed E-state index contributed by atoms with van der Waals surface area (Å²) >= 11 is 0. The molecule has 84 valence electrons. The van der Waals surface area contributed by atoms with E-state index in [-0.39, 0.29) is 6.09 Å². The Morgan fingerprint density at radius 3 is 2.88 bits per heavy atom. The van der Waals surface area contributed by atoms with Crippen LogP contribution < -0.4 is 4.74 Å². The molecule has 0 radical (unpaired) electrons. The van der Waals surface area contributed by atoms with E-state index in [4.69, 9.17) is 4.74 Å². The number of carbonyl (C=O) groups is 1. The molecule has 0 fully saturated rings. The van der Waals surface area contributed by atoms with E-state index in [9.17, 15) is 4.79 Å². The molecule has 0 N–H and O–H groups in total. The molecule has 0 aliphatic rings. The second-order valence-electron chi connectivity index (χ2n) is 3.31. The fraction of sp³-hybridized carbons (Fsp3) is 0.250. The average molecular weight is 219 g/mol. The zero-order valence-corrected chi connectivity index (χ0v) is 9.27. The standard InChI is InChI=1S/C12H13NO3/c1-3-16-10-4-5-11-9(8-10)6-7-13(11)12(14)15-2/h4-8H,3H2,1-2H3. The maximum atomic E-state index is 11.4. The minimum absolute atomic E-state index is 0.390. The molecule has 4 nitrogen and oxygen atoms in total. The van der Waals surface area contributed by atoms with Crippen molar-refractivity contribution in [1.82, 2.24) is 4.57 Å². The lowest BCUT2D eigenvalue weighted by atomic mass is 10.2. The summed E-state index contributed by atoms with van der Waals surface area (Å²) in [6, 6.07) is 7.44. The maximum absolute atomic E-state index is 11.4. The van der Waals surface area contributed by atoms with Crippen molar-refractivity contribution >= 4 is 17.0 Å². The van der Waals surface area contributed by atoms with Crippen LogP contribution in [0.2, 0.25) is 0 Å². The Hall–Kier alpha value is -1.97. The molecule has 1 aromatic carbocycles. The molecule has 0 amide bonds. The quantitative estimate of drug-likeness (QED) is 0.779. The van der Waals surface area contributed by atoms with Crippen LogP contribution >= 0.6 is 0 Å². The van der Waals surface area contributed by atoms with E-state index >= 15 is 0 Å². The first-order chi connectivity index (χ1) is 7.76. The fourth-order valence-electron chi connectivity index (χ4n) is 1.63. The van der Waals surface area contributed by atoms with Gasteiger partial charge in [-0.05, 0) is 31.2 Å². The van der Waals surface area contributed by atoms with E-state index in [0.717, 1.165) is 16.7 Å². The van der Waals surface area contributed by atoms with Crippen molar-refractivity contribution in [2.24, 2.45) is 0 Å². The van der Waals surface area contributed by atoms with E-state index in [2.05, 4.69) is 4.74 Å². The molecule has 2 aromatic rings. The summed E-state index contributed by atoms with van der Waals surface area (Å²) in [6.07, 6.45) is 1.30. The van der Waals surface area contributed by atoms with Crippen molar-refractivity contribution in [2.75, 3.05) is 13.7 Å². The third-order valence-corrected chi connectivity index (χ3v) is 2.34. The minimum atomic E-state index is -0.390. The lowest BCUT2D eigenvalue weighted by Gasteiger charge is -2.04. The second kappa shape index (κ2) is 4.26. The number of ether oxygens (including phenoxy) is 2. The SMILES string of the molecule is CCOc1ccc2c(ccn2C(=O)OC)c1. The summed E-state index contributed by atoms with van der Waals surface area (Å²) in [5, 5.41) is 0.955. The normalized spacial score (nSPS) is 10.4. The molecule has 0 atom stereocenters. The average Bonchev–Trinajstić information content (AvgIpc) is 2.71. The van der Waals surface area contributed by atoms with Crippen LogP contribution in [0.15, 0.2) is 30.5 Å². The highest BCUT2D eigenvalue weighted by Gasteiger charge is 2.08. The molecule has 16 heavy (non-hydrogen) atoms. The van der Waals surface area contributed by atoms with Gasteiger partial charge in [0.2, 0.25) is 0 Å². The Labute approximate surface area is 93.4 Å². The van der Waals surface area contributed by atoms with E-state index in [0.29, 0.717) is 6.61 Å². The van der Waals surface area contributed by atoms with Gasteiger partial charge in [-0.3, -0.25) is 4.57 Å². The number of rotatable bonds is 2. The van der Waals surface area contributed by atoms with Crippen molar-refractivity contribution in [2.45, 2.75) is 6.92 Å². The summed E-state index contributed by atoms with van der Waals surface area (Å²) in [4.78, 5) is 11.4. The minimum Gasteiger partial charge on any atom is -0.494 e. The van der Waals surface area contributed by atoms with Crippen LogP contribution in [0.5, 0.6) is 5.75 Å². The highest BCUT2D eigenvalue weighted by molar-refractivity contribution is 5.90. The van der Waals surface area contributed by atoms with Gasteiger partial charge in [0.1, 0.15) is 5.75 Å². The predicted molar refractivity (Wildman–Crippen MR) is 60.9 cm³/mol. The monoisotopic (exact) mass is 219 g/mol. The molecular weight excluding hydrogens is 206 g/mol. The molecule has 0 aliphatic carbocycles. The third kappa shape index (κ3) is 1.74. The molecule has 0 saturated heterocycles. The fourth-order valence-corrected chi connectivity index (χ4v) is 1.63. The van der Waals surface area contributed by atoms with Crippen LogP contribution in [0.25, 0.3) is 10.9 Å². The van der Waals surface area contributed by atoms with E-state index in [1.807, 2.05) is 31.2 Å². The lowest BCUT2D eigenvalue weighted by Crippen LogP contribution is -2.09. The first kappa shape index (κ1) is 10.5. The molecule has 2 rings (SSSR count). The smallest absolute Gasteiger partial charge is 0.418 e. The van der Waals surface area contributed by atoms with Crippen LogP contribution in [-0.2, 0) is 4.74 Å². The first-order valence-electron chi connectivity index (χ1n) is 5.08. The lowest BCUT2D eigenvalue weighted by molar-refractivity contribution is 0.174. The van der Waals surface area contributed by atoms with Crippen molar-refractivity contribution in [3.8, 4) is 5.75 Å². The number of hydrogen-bond donors (Lipinski definition) is 0. The number of hydrogen-bond acceptors (Lipinski definition) is 3. The van der Waals surface area contributed by atoms with Gasteiger partial charge >= 0.3 is 6.09 Å². The molecule has 1 heterocycles. The molecule has 0 spiro atoms. The summed E-state index contributed by atoms with van der Waals surface area (Å²) in [7, 11) is 1.36. The Balaban J connectivity index is 2.46. The molecule has 0 saturated carbocycles. The van der Waals surface area contributed by atoms with Gasteiger partial charge in [0.25, 0.3) is 0 Å². The number of fused-ring (bicyclic) bond motifs is 1. The molecule has 0 aliphatic heterocycles. The number of aromatic nitrogens is 1. The zero-order valence-electron chi connectivity index (χ0n) is 9.27. The first-order valence-corrected chi connectivity index (χ1v) is 5.08. The maximum Gasteiger partial charge on any atom is 0.418 e. The Morgan fingerprint density at radius 1 is 1.38 bits per heavy atom. The second-order valence-corrected chi connectivity index (χ2v) is 3.31. The summed E-state index contributed by atoms with van der Waals surface area (Å²) in [5.41, 5.74) is 0.815.